The van der Waals surface area contributed by atoms with Gasteiger partial charge in [-0.3, -0.25) is 0 Å². The van der Waals surface area contributed by atoms with Crippen molar-refractivity contribution in [3.63, 3.8) is 0 Å². The molecule has 9 aromatic carbocycles. The Kier molecular flexibility index (Phi) is 7.23. The van der Waals surface area contributed by atoms with E-state index in [1.807, 2.05) is 6.07 Å². The van der Waals surface area contributed by atoms with E-state index < -0.39 is 0 Å². The number of hydrogen-bond donors (Lipinski definition) is 0. The molecular weight excluding hydrogens is 705 g/mol. The van der Waals surface area contributed by atoms with E-state index in [0.717, 1.165) is 66.2 Å². The Labute approximate surface area is 334 Å². The number of pyridine rings is 1. The number of para-hydroxylation sites is 4. The average molecular weight is 739 g/mol. The maximum Gasteiger partial charge on any atom is 0.136 e. The van der Waals surface area contributed by atoms with Crippen LogP contribution in [-0.2, 0) is 0 Å². The standard InChI is InChI=1S/C55H34N2O/c1-3-14-37(15-4-1)55-46-34-51-54(44-22-9-12-25-50(44)58-51)52(53(46)43-21-7-10-23-47(43)56-55)36-28-26-35(27-29-36)38-16-13-17-39(32-38)40-30-31-49-45(33-40)42-20-8-11-24-48(42)57(49)41-18-5-2-6-19-41/h1-34H. The number of benzene rings is 9. The van der Waals surface area contributed by atoms with Crippen molar-refractivity contribution in [3.8, 4) is 50.3 Å². The van der Waals surface area contributed by atoms with Gasteiger partial charge in [-0.25, -0.2) is 4.98 Å². The summed E-state index contributed by atoms with van der Waals surface area (Å²) in [5.41, 5.74) is 15.3. The fraction of sp³-hybridized carbons (Fsp3) is 0. The Balaban J connectivity index is 1.02. The largest absolute Gasteiger partial charge is 0.456 e. The molecule has 0 aliphatic heterocycles. The van der Waals surface area contributed by atoms with Gasteiger partial charge in [-0.2, -0.15) is 0 Å². The third-order valence-electron chi connectivity index (χ3n) is 11.8. The molecule has 0 bridgehead atoms. The highest BCUT2D eigenvalue weighted by Crippen LogP contribution is 2.46. The second-order valence-electron chi connectivity index (χ2n) is 15.1. The Bertz CT molecular complexity index is 3540. The minimum atomic E-state index is 0.860. The van der Waals surface area contributed by atoms with Gasteiger partial charge in [-0.15, -0.1) is 0 Å². The molecular formula is C55H34N2O. The summed E-state index contributed by atoms with van der Waals surface area (Å²) in [5, 5.41) is 8.11. The van der Waals surface area contributed by atoms with E-state index in [2.05, 4.69) is 205 Å². The van der Waals surface area contributed by atoms with Gasteiger partial charge in [0.1, 0.15) is 11.2 Å². The lowest BCUT2D eigenvalue weighted by Gasteiger charge is -2.16. The molecule has 0 unspecified atom stereocenters. The van der Waals surface area contributed by atoms with E-state index in [9.17, 15) is 0 Å². The zero-order chi connectivity index (χ0) is 38.2. The second kappa shape index (κ2) is 12.9. The van der Waals surface area contributed by atoms with Gasteiger partial charge in [0.2, 0.25) is 0 Å². The third-order valence-corrected chi connectivity index (χ3v) is 11.8. The number of aromatic nitrogens is 2. The summed E-state index contributed by atoms with van der Waals surface area (Å²) in [4.78, 5) is 5.26. The highest BCUT2D eigenvalue weighted by molar-refractivity contribution is 6.27. The minimum Gasteiger partial charge on any atom is -0.456 e. The van der Waals surface area contributed by atoms with E-state index in [4.69, 9.17) is 9.40 Å². The van der Waals surface area contributed by atoms with Gasteiger partial charge in [0.05, 0.1) is 22.2 Å². The molecule has 58 heavy (non-hydrogen) atoms. The van der Waals surface area contributed by atoms with Crippen molar-refractivity contribution in [2.75, 3.05) is 0 Å². The van der Waals surface area contributed by atoms with Crippen molar-refractivity contribution in [3.05, 3.63) is 206 Å². The van der Waals surface area contributed by atoms with Crippen LogP contribution in [-0.4, -0.2) is 9.55 Å². The smallest absolute Gasteiger partial charge is 0.136 e. The van der Waals surface area contributed by atoms with Crippen molar-refractivity contribution in [2.45, 2.75) is 0 Å². The summed E-state index contributed by atoms with van der Waals surface area (Å²) < 4.78 is 8.98. The zero-order valence-corrected chi connectivity index (χ0v) is 31.4. The Morgan fingerprint density at radius 1 is 0.345 bits per heavy atom. The molecule has 0 fully saturated rings. The van der Waals surface area contributed by atoms with Crippen LogP contribution in [0.4, 0.5) is 0 Å². The summed E-state index contributed by atoms with van der Waals surface area (Å²) in [7, 11) is 0. The monoisotopic (exact) mass is 738 g/mol. The fourth-order valence-corrected chi connectivity index (χ4v) is 9.14. The van der Waals surface area contributed by atoms with Gasteiger partial charge in [-0.1, -0.05) is 152 Å². The molecule has 12 rings (SSSR count). The molecule has 0 aliphatic rings. The minimum absolute atomic E-state index is 0.860. The van der Waals surface area contributed by atoms with Gasteiger partial charge in [0, 0.05) is 54.5 Å². The van der Waals surface area contributed by atoms with E-state index in [1.54, 1.807) is 0 Å². The first-order valence-corrected chi connectivity index (χ1v) is 19.8. The molecule has 0 saturated carbocycles. The third kappa shape index (κ3) is 5.04. The zero-order valence-electron chi connectivity index (χ0n) is 31.4. The molecule has 3 heteroatoms. The predicted octanol–water partition coefficient (Wildman–Crippen LogP) is 15.1. The van der Waals surface area contributed by atoms with Gasteiger partial charge in [-0.05, 0) is 82.4 Å². The predicted molar refractivity (Wildman–Crippen MR) is 243 cm³/mol. The van der Waals surface area contributed by atoms with Crippen molar-refractivity contribution < 1.29 is 4.42 Å². The van der Waals surface area contributed by atoms with E-state index in [-0.39, 0.29) is 0 Å². The van der Waals surface area contributed by atoms with Crippen LogP contribution in [0.25, 0.3) is 116 Å². The number of furan rings is 1. The van der Waals surface area contributed by atoms with Crippen LogP contribution in [0.2, 0.25) is 0 Å². The van der Waals surface area contributed by atoms with Crippen LogP contribution in [0.5, 0.6) is 0 Å². The summed E-state index contributed by atoms with van der Waals surface area (Å²) >= 11 is 0. The lowest BCUT2D eigenvalue weighted by Crippen LogP contribution is -1.93. The molecule has 270 valence electrons. The summed E-state index contributed by atoms with van der Waals surface area (Å²) in [6, 6.07) is 73.8. The first-order valence-electron chi connectivity index (χ1n) is 19.8. The highest BCUT2D eigenvalue weighted by Gasteiger charge is 2.22. The summed E-state index contributed by atoms with van der Waals surface area (Å²) in [5.74, 6) is 0. The topological polar surface area (TPSA) is 31.0 Å². The molecule has 0 radical (unpaired) electrons. The van der Waals surface area contributed by atoms with Crippen LogP contribution in [0, 0.1) is 0 Å². The number of fused-ring (bicyclic) bond motifs is 9. The molecule has 3 nitrogen and oxygen atoms in total. The Hall–Kier alpha value is -7.75. The number of rotatable bonds is 5. The molecule has 0 saturated heterocycles. The summed E-state index contributed by atoms with van der Waals surface area (Å²) in [6.07, 6.45) is 0. The van der Waals surface area contributed by atoms with Crippen molar-refractivity contribution in [1.29, 1.82) is 0 Å². The molecule has 0 amide bonds. The first kappa shape index (κ1) is 32.5. The van der Waals surface area contributed by atoms with Gasteiger partial charge < -0.3 is 8.98 Å². The Morgan fingerprint density at radius 2 is 0.948 bits per heavy atom. The van der Waals surface area contributed by atoms with Crippen LogP contribution in [0.3, 0.4) is 0 Å². The van der Waals surface area contributed by atoms with Gasteiger partial charge in [0.25, 0.3) is 0 Å². The van der Waals surface area contributed by atoms with E-state index in [1.165, 1.54) is 49.6 Å². The van der Waals surface area contributed by atoms with Crippen LogP contribution < -0.4 is 0 Å². The number of hydrogen-bond acceptors (Lipinski definition) is 2. The SMILES string of the molecule is c1ccc(-c2nc3ccccc3c3c(-c4ccc(-c5cccc(-c6ccc7c(c6)c6ccccc6n7-c6ccccc6)c5)cc4)c4c(cc23)oc2ccccc24)cc1. The number of nitrogens with zero attached hydrogens (tertiary/aromatic N) is 2. The van der Waals surface area contributed by atoms with Crippen LogP contribution in [0.1, 0.15) is 0 Å². The maximum absolute atomic E-state index is 6.62. The van der Waals surface area contributed by atoms with Gasteiger partial charge >= 0.3 is 0 Å². The van der Waals surface area contributed by atoms with Crippen molar-refractivity contribution in [2.24, 2.45) is 0 Å². The molecule has 0 N–H and O–H groups in total. The Morgan fingerprint density at radius 3 is 1.78 bits per heavy atom. The molecule has 3 heterocycles. The van der Waals surface area contributed by atoms with Crippen LogP contribution >= 0.6 is 0 Å². The highest BCUT2D eigenvalue weighted by atomic mass is 16.3. The van der Waals surface area contributed by atoms with Crippen molar-refractivity contribution in [1.82, 2.24) is 9.55 Å². The fourth-order valence-electron chi connectivity index (χ4n) is 9.14. The molecule has 0 aliphatic carbocycles. The van der Waals surface area contributed by atoms with Gasteiger partial charge in [0.15, 0.2) is 0 Å². The maximum atomic E-state index is 6.62. The van der Waals surface area contributed by atoms with Crippen molar-refractivity contribution >= 4 is 65.4 Å². The first-order chi connectivity index (χ1) is 28.8. The molecule has 3 aromatic heterocycles. The lowest BCUT2D eigenvalue weighted by molar-refractivity contribution is 0.669. The molecule has 0 atom stereocenters. The summed E-state index contributed by atoms with van der Waals surface area (Å²) in [6.45, 7) is 0. The van der Waals surface area contributed by atoms with E-state index >= 15 is 0 Å². The second-order valence-corrected chi connectivity index (χ2v) is 15.1. The molecule has 0 spiro atoms. The van der Waals surface area contributed by atoms with E-state index in [0.29, 0.717) is 0 Å². The molecule has 12 aromatic rings. The quantitative estimate of drug-likeness (QED) is 0.165. The van der Waals surface area contributed by atoms with Crippen LogP contribution in [0.15, 0.2) is 211 Å². The average Bonchev–Trinajstić information content (AvgIpc) is 3.84. The lowest BCUT2D eigenvalue weighted by atomic mass is 9.89. The normalized spacial score (nSPS) is 11.8.